The van der Waals surface area contributed by atoms with E-state index in [9.17, 15) is 4.79 Å². The van der Waals surface area contributed by atoms with E-state index in [1.165, 1.54) is 0 Å². The van der Waals surface area contributed by atoms with Gasteiger partial charge in [0, 0.05) is 9.92 Å². The normalized spacial score (nSPS) is 12.6. The van der Waals surface area contributed by atoms with Crippen LogP contribution in [-0.4, -0.2) is 11.6 Å². The summed E-state index contributed by atoms with van der Waals surface area (Å²) in [6.07, 6.45) is 0. The Hall–Kier alpha value is -2.17. The van der Waals surface area contributed by atoms with Crippen LogP contribution in [0.1, 0.15) is 53.5 Å². The zero-order chi connectivity index (χ0) is 20.3. The molecule has 0 fully saturated rings. The molecule has 3 rings (SSSR count). The van der Waals surface area contributed by atoms with Gasteiger partial charge in [-0.05, 0) is 63.6 Å². The topological polar surface area (TPSA) is 39.4 Å². The van der Waals surface area contributed by atoms with Crippen LogP contribution >= 0.6 is 23.4 Å². The molecule has 1 heterocycles. The van der Waals surface area contributed by atoms with E-state index in [4.69, 9.17) is 20.8 Å². The van der Waals surface area contributed by atoms with Gasteiger partial charge in [0.25, 0.3) is 0 Å². The van der Waals surface area contributed by atoms with Gasteiger partial charge in [-0.15, -0.1) is 11.8 Å². The summed E-state index contributed by atoms with van der Waals surface area (Å²) in [4.78, 5) is 13.6. The molecule has 0 saturated heterocycles. The fourth-order valence-electron chi connectivity index (χ4n) is 2.74. The molecule has 1 aromatic heterocycles. The van der Waals surface area contributed by atoms with Crippen LogP contribution in [0.2, 0.25) is 5.02 Å². The quantitative estimate of drug-likeness (QED) is 0.330. The first-order chi connectivity index (χ1) is 13.2. The highest BCUT2D eigenvalue weighted by molar-refractivity contribution is 7.99. The number of carbonyl (C=O) groups excluding carboxylic acids is 1. The molecule has 0 saturated carbocycles. The summed E-state index contributed by atoms with van der Waals surface area (Å²) >= 11 is 7.66. The van der Waals surface area contributed by atoms with Crippen LogP contribution in [0.3, 0.4) is 0 Å². The van der Waals surface area contributed by atoms with Gasteiger partial charge in [-0.25, -0.2) is 4.79 Å². The number of aryl methyl sites for hydroxylation is 1. The van der Waals surface area contributed by atoms with Crippen molar-refractivity contribution in [2.45, 2.75) is 43.4 Å². The molecule has 28 heavy (non-hydrogen) atoms. The lowest BCUT2D eigenvalue weighted by atomic mass is 10.1. The molecule has 0 spiro atoms. The number of esters is 1. The summed E-state index contributed by atoms with van der Waals surface area (Å²) in [5.41, 5.74) is 0.993. The summed E-state index contributed by atoms with van der Waals surface area (Å²) in [6.45, 7) is 7.34. The molecule has 3 nitrogen and oxygen atoms in total. The van der Waals surface area contributed by atoms with Gasteiger partial charge in [-0.2, -0.15) is 0 Å². The predicted molar refractivity (Wildman–Crippen MR) is 114 cm³/mol. The number of carbonyl (C=O) groups is 1. The van der Waals surface area contributed by atoms with E-state index in [0.29, 0.717) is 22.1 Å². The highest BCUT2D eigenvalue weighted by Gasteiger charge is 2.26. The van der Waals surface area contributed by atoms with E-state index in [0.717, 1.165) is 10.5 Å². The molecule has 5 heteroatoms. The van der Waals surface area contributed by atoms with Crippen molar-refractivity contribution >= 4 is 29.3 Å². The molecule has 0 bridgehead atoms. The van der Waals surface area contributed by atoms with Gasteiger partial charge in [0.15, 0.2) is 0 Å². The van der Waals surface area contributed by atoms with E-state index in [2.05, 4.69) is 12.1 Å². The second kappa shape index (κ2) is 8.46. The predicted octanol–water partition coefficient (Wildman–Crippen LogP) is 7.08. The number of halogens is 1. The second-order valence-electron chi connectivity index (χ2n) is 7.48. The molecule has 0 radical (unpaired) electrons. The summed E-state index contributed by atoms with van der Waals surface area (Å²) in [7, 11) is 0. The summed E-state index contributed by atoms with van der Waals surface area (Å²) in [5.74, 6) is 0.898. The molecule has 0 N–H and O–H groups in total. The van der Waals surface area contributed by atoms with Crippen molar-refractivity contribution in [1.29, 1.82) is 0 Å². The van der Waals surface area contributed by atoms with Crippen LogP contribution in [0.4, 0.5) is 0 Å². The van der Waals surface area contributed by atoms with Crippen LogP contribution in [0.15, 0.2) is 70.0 Å². The zero-order valence-corrected chi connectivity index (χ0v) is 17.9. The molecular weight excluding hydrogens is 392 g/mol. The van der Waals surface area contributed by atoms with E-state index in [1.807, 2.05) is 63.2 Å². The Morgan fingerprint density at radius 1 is 1.07 bits per heavy atom. The van der Waals surface area contributed by atoms with E-state index >= 15 is 0 Å². The molecule has 146 valence electrons. The third kappa shape index (κ3) is 5.21. The summed E-state index contributed by atoms with van der Waals surface area (Å²) in [6, 6.07) is 19.6. The Morgan fingerprint density at radius 2 is 1.71 bits per heavy atom. The van der Waals surface area contributed by atoms with Crippen molar-refractivity contribution in [1.82, 2.24) is 0 Å². The molecule has 0 aliphatic heterocycles. The van der Waals surface area contributed by atoms with Crippen molar-refractivity contribution in [3.05, 3.63) is 88.3 Å². The highest BCUT2D eigenvalue weighted by atomic mass is 35.5. The fourth-order valence-corrected chi connectivity index (χ4v) is 3.95. The highest BCUT2D eigenvalue weighted by Crippen LogP contribution is 2.42. The lowest BCUT2D eigenvalue weighted by Crippen LogP contribution is -2.24. The average Bonchev–Trinajstić information content (AvgIpc) is 3.02. The third-order valence-electron chi connectivity index (χ3n) is 3.98. The molecule has 1 unspecified atom stereocenters. The van der Waals surface area contributed by atoms with Crippen LogP contribution in [0, 0.1) is 6.92 Å². The van der Waals surface area contributed by atoms with Gasteiger partial charge < -0.3 is 9.15 Å². The number of benzene rings is 2. The fraction of sp³-hybridized carbons (Fsp3) is 0.261. The average molecular weight is 415 g/mol. The Labute approximate surface area is 175 Å². The van der Waals surface area contributed by atoms with Crippen LogP contribution in [-0.2, 0) is 4.74 Å². The lowest BCUT2D eigenvalue weighted by Gasteiger charge is -2.19. The number of thioether (sulfide) groups is 1. The summed E-state index contributed by atoms with van der Waals surface area (Å²) < 4.78 is 11.5. The van der Waals surface area contributed by atoms with E-state index in [-0.39, 0.29) is 11.2 Å². The van der Waals surface area contributed by atoms with Gasteiger partial charge in [0.05, 0.1) is 5.25 Å². The van der Waals surface area contributed by atoms with Crippen molar-refractivity contribution in [2.24, 2.45) is 0 Å². The lowest BCUT2D eigenvalue weighted by molar-refractivity contribution is 0.00678. The smallest absolute Gasteiger partial charge is 0.342 e. The standard InChI is InChI=1S/C23H23ClO3S/c1-15-19(22(25)27-23(2,3)4)14-20(26-15)21(16-8-6-5-7-9-16)28-18-12-10-17(24)11-13-18/h5-14,21H,1-4H3. The molecule has 1 atom stereocenters. The maximum absolute atomic E-state index is 12.5. The third-order valence-corrected chi connectivity index (χ3v) is 5.52. The minimum atomic E-state index is -0.558. The number of ether oxygens (including phenoxy) is 1. The van der Waals surface area contributed by atoms with Crippen molar-refractivity contribution in [3.63, 3.8) is 0 Å². The van der Waals surface area contributed by atoms with Crippen molar-refractivity contribution < 1.29 is 13.9 Å². The minimum absolute atomic E-state index is 0.0998. The van der Waals surface area contributed by atoms with Crippen molar-refractivity contribution in [3.8, 4) is 0 Å². The first-order valence-corrected chi connectivity index (χ1v) is 10.3. The molecule has 0 aliphatic rings. The first-order valence-electron chi connectivity index (χ1n) is 9.04. The molecule has 0 aliphatic carbocycles. The van der Waals surface area contributed by atoms with Gasteiger partial charge >= 0.3 is 5.97 Å². The van der Waals surface area contributed by atoms with E-state index in [1.54, 1.807) is 24.8 Å². The first kappa shape index (κ1) is 20.6. The van der Waals surface area contributed by atoms with Crippen LogP contribution < -0.4 is 0 Å². The van der Waals surface area contributed by atoms with Crippen LogP contribution in [0.5, 0.6) is 0 Å². The molecule has 0 amide bonds. The number of furan rings is 1. The molecule has 2 aromatic carbocycles. The second-order valence-corrected chi connectivity index (χ2v) is 9.10. The minimum Gasteiger partial charge on any atom is -0.464 e. The largest absolute Gasteiger partial charge is 0.464 e. The van der Waals surface area contributed by atoms with Crippen molar-refractivity contribution in [2.75, 3.05) is 0 Å². The maximum atomic E-state index is 12.5. The molecular formula is C23H23ClO3S. The van der Waals surface area contributed by atoms with Gasteiger partial charge in [0.2, 0.25) is 0 Å². The van der Waals surface area contributed by atoms with E-state index < -0.39 is 5.60 Å². The SMILES string of the molecule is Cc1oc(C(Sc2ccc(Cl)cc2)c2ccccc2)cc1C(=O)OC(C)(C)C. The van der Waals surface area contributed by atoms with Gasteiger partial charge in [-0.3, -0.25) is 0 Å². The Bertz CT molecular complexity index is 940. The Morgan fingerprint density at radius 3 is 2.32 bits per heavy atom. The Kier molecular flexibility index (Phi) is 6.21. The van der Waals surface area contributed by atoms with Crippen LogP contribution in [0.25, 0.3) is 0 Å². The number of hydrogen-bond acceptors (Lipinski definition) is 4. The number of hydrogen-bond donors (Lipinski definition) is 0. The van der Waals surface area contributed by atoms with Gasteiger partial charge in [-0.1, -0.05) is 41.9 Å². The maximum Gasteiger partial charge on any atom is 0.342 e. The zero-order valence-electron chi connectivity index (χ0n) is 16.4. The monoisotopic (exact) mass is 414 g/mol. The number of rotatable bonds is 5. The van der Waals surface area contributed by atoms with Gasteiger partial charge in [0.1, 0.15) is 22.7 Å². The summed E-state index contributed by atoms with van der Waals surface area (Å²) in [5, 5.41) is 0.596. The molecule has 3 aromatic rings. The Balaban J connectivity index is 1.96.